The summed E-state index contributed by atoms with van der Waals surface area (Å²) in [5.41, 5.74) is 0.591. The van der Waals surface area contributed by atoms with Gasteiger partial charge >= 0.3 is 12.1 Å². The molecule has 0 fully saturated rings. The van der Waals surface area contributed by atoms with Gasteiger partial charge in [0.1, 0.15) is 5.82 Å². The Bertz CT molecular complexity index is 1290. The van der Waals surface area contributed by atoms with Crippen LogP contribution in [0.4, 0.5) is 17.6 Å². The lowest BCUT2D eigenvalue weighted by atomic mass is 10.1. The molecular formula is C22H21F4NO4S. The number of ether oxygens (including phenoxy) is 1. The number of esters is 1. The average molecular weight is 471 g/mol. The van der Waals surface area contributed by atoms with Gasteiger partial charge in [0.2, 0.25) is 0 Å². The molecule has 0 radical (unpaired) electrons. The number of halogens is 4. The van der Waals surface area contributed by atoms with E-state index < -0.39 is 38.3 Å². The smallest absolute Gasteiger partial charge is 0.416 e. The lowest BCUT2D eigenvalue weighted by Crippen LogP contribution is -2.14. The van der Waals surface area contributed by atoms with Crippen LogP contribution in [0.25, 0.3) is 10.9 Å². The third kappa shape index (κ3) is 4.95. The molecule has 0 aliphatic carbocycles. The van der Waals surface area contributed by atoms with Gasteiger partial charge in [-0.05, 0) is 48.4 Å². The number of aromatic nitrogens is 1. The number of hydrogen-bond donors (Lipinski definition) is 0. The minimum Gasteiger partial charge on any atom is -0.466 e. The van der Waals surface area contributed by atoms with Crippen molar-refractivity contribution in [3.63, 3.8) is 0 Å². The van der Waals surface area contributed by atoms with Crippen LogP contribution in [0.5, 0.6) is 0 Å². The van der Waals surface area contributed by atoms with Gasteiger partial charge in [0, 0.05) is 42.7 Å². The Morgan fingerprint density at radius 3 is 2.41 bits per heavy atom. The fourth-order valence-corrected chi connectivity index (χ4v) is 4.35. The predicted molar refractivity (Wildman–Crippen MR) is 111 cm³/mol. The molecule has 3 aromatic rings. The molecule has 0 spiro atoms. The Kier molecular flexibility index (Phi) is 6.37. The van der Waals surface area contributed by atoms with Crippen LogP contribution in [0, 0.1) is 12.7 Å². The summed E-state index contributed by atoms with van der Waals surface area (Å²) in [4.78, 5) is 10.7. The number of rotatable bonds is 6. The van der Waals surface area contributed by atoms with Crippen LogP contribution in [-0.2, 0) is 38.5 Å². The minimum absolute atomic E-state index is 0.0443. The van der Waals surface area contributed by atoms with Crippen LogP contribution in [-0.4, -0.2) is 31.8 Å². The van der Waals surface area contributed by atoms with Crippen molar-refractivity contribution in [1.29, 1.82) is 0 Å². The molecular weight excluding hydrogens is 450 g/mol. The van der Waals surface area contributed by atoms with Crippen LogP contribution < -0.4 is 0 Å². The van der Waals surface area contributed by atoms with E-state index in [2.05, 4.69) is 0 Å². The SMILES string of the molecule is CC(=O)OCCc1c(C)n(Cc2ccc(S(C)(=O)=O)cc2C(F)(F)F)c2ccc(F)cc12. The zero-order valence-electron chi connectivity index (χ0n) is 17.6. The molecule has 0 saturated heterocycles. The molecule has 0 saturated carbocycles. The maximum atomic E-state index is 13.9. The Morgan fingerprint density at radius 2 is 1.81 bits per heavy atom. The molecule has 0 aliphatic rings. The highest BCUT2D eigenvalue weighted by atomic mass is 32.2. The van der Waals surface area contributed by atoms with E-state index in [1.54, 1.807) is 11.5 Å². The Hall–Kier alpha value is -2.88. The summed E-state index contributed by atoms with van der Waals surface area (Å²) in [6.45, 7) is 2.79. The highest BCUT2D eigenvalue weighted by molar-refractivity contribution is 7.90. The topological polar surface area (TPSA) is 65.4 Å². The van der Waals surface area contributed by atoms with Gasteiger partial charge in [-0.2, -0.15) is 13.2 Å². The molecule has 0 amide bonds. The number of benzene rings is 2. The second kappa shape index (κ2) is 8.57. The maximum Gasteiger partial charge on any atom is 0.416 e. The maximum absolute atomic E-state index is 13.9. The van der Waals surface area contributed by atoms with Gasteiger partial charge in [-0.3, -0.25) is 4.79 Å². The summed E-state index contributed by atoms with van der Waals surface area (Å²) in [6.07, 6.45) is -3.66. The van der Waals surface area contributed by atoms with E-state index in [4.69, 9.17) is 4.74 Å². The van der Waals surface area contributed by atoms with E-state index in [1.807, 2.05) is 0 Å². The molecule has 0 atom stereocenters. The normalized spacial score (nSPS) is 12.3. The largest absolute Gasteiger partial charge is 0.466 e. The average Bonchev–Trinajstić information content (AvgIpc) is 2.91. The molecule has 5 nitrogen and oxygen atoms in total. The summed E-state index contributed by atoms with van der Waals surface area (Å²) >= 11 is 0. The molecule has 1 aromatic heterocycles. The molecule has 0 N–H and O–H groups in total. The van der Waals surface area contributed by atoms with E-state index >= 15 is 0 Å². The van der Waals surface area contributed by atoms with Crippen LogP contribution in [0.3, 0.4) is 0 Å². The van der Waals surface area contributed by atoms with Crippen molar-refractivity contribution < 1.29 is 35.5 Å². The van der Waals surface area contributed by atoms with Crippen LogP contribution in [0.2, 0.25) is 0 Å². The first-order valence-corrected chi connectivity index (χ1v) is 11.5. The van der Waals surface area contributed by atoms with E-state index in [0.717, 1.165) is 18.4 Å². The van der Waals surface area contributed by atoms with Crippen molar-refractivity contribution in [2.45, 2.75) is 37.9 Å². The molecule has 1 heterocycles. The summed E-state index contributed by atoms with van der Waals surface area (Å²) < 4.78 is 85.2. The highest BCUT2D eigenvalue weighted by Crippen LogP contribution is 2.35. The summed E-state index contributed by atoms with van der Waals surface area (Å²) in [7, 11) is -3.83. The standard InChI is InChI=1S/C22H21F4NO4S/c1-13-18(8-9-31-14(2)28)19-10-16(23)5-7-21(19)27(13)12-15-4-6-17(32(3,29)30)11-20(15)22(24,25)26/h4-7,10-11H,8-9,12H2,1-3H3. The van der Waals surface area contributed by atoms with Crippen molar-refractivity contribution in [2.75, 3.05) is 12.9 Å². The number of alkyl halides is 3. The van der Waals surface area contributed by atoms with Crippen molar-refractivity contribution in [2.24, 2.45) is 0 Å². The van der Waals surface area contributed by atoms with E-state index in [9.17, 15) is 30.8 Å². The first-order valence-electron chi connectivity index (χ1n) is 9.60. The predicted octanol–water partition coefficient (Wildman–Crippen LogP) is 4.67. The summed E-state index contributed by atoms with van der Waals surface area (Å²) in [5, 5.41) is 0.510. The van der Waals surface area contributed by atoms with Crippen LogP contribution in [0.1, 0.15) is 29.3 Å². The van der Waals surface area contributed by atoms with Gasteiger partial charge in [0.05, 0.1) is 17.1 Å². The summed E-state index contributed by atoms with van der Waals surface area (Å²) in [6, 6.07) is 6.90. The monoisotopic (exact) mass is 471 g/mol. The lowest BCUT2D eigenvalue weighted by Gasteiger charge is -2.16. The number of hydrogen-bond acceptors (Lipinski definition) is 4. The second-order valence-corrected chi connectivity index (χ2v) is 9.51. The Morgan fingerprint density at radius 1 is 1.12 bits per heavy atom. The first kappa shape index (κ1) is 23.8. The van der Waals surface area contributed by atoms with Crippen molar-refractivity contribution >= 4 is 26.7 Å². The van der Waals surface area contributed by atoms with Crippen LogP contribution in [0.15, 0.2) is 41.3 Å². The van der Waals surface area contributed by atoms with Crippen molar-refractivity contribution in [3.8, 4) is 0 Å². The second-order valence-electron chi connectivity index (χ2n) is 7.49. The van der Waals surface area contributed by atoms with Gasteiger partial charge < -0.3 is 9.30 Å². The molecule has 172 valence electrons. The third-order valence-electron chi connectivity index (χ3n) is 5.22. The van der Waals surface area contributed by atoms with Crippen LogP contribution >= 0.6 is 0 Å². The molecule has 2 aromatic carbocycles. The molecule has 0 aliphatic heterocycles. The van der Waals surface area contributed by atoms with E-state index in [-0.39, 0.29) is 25.1 Å². The van der Waals surface area contributed by atoms with Gasteiger partial charge in [0.25, 0.3) is 0 Å². The first-order chi connectivity index (χ1) is 14.8. The Balaban J connectivity index is 2.13. The minimum atomic E-state index is -4.77. The van der Waals surface area contributed by atoms with Crippen molar-refractivity contribution in [1.82, 2.24) is 4.57 Å². The van der Waals surface area contributed by atoms with Crippen molar-refractivity contribution in [3.05, 3.63) is 64.6 Å². The highest BCUT2D eigenvalue weighted by Gasteiger charge is 2.34. The van der Waals surface area contributed by atoms with Gasteiger partial charge in [-0.1, -0.05) is 6.07 Å². The lowest BCUT2D eigenvalue weighted by molar-refractivity contribution is -0.141. The zero-order valence-corrected chi connectivity index (χ0v) is 18.4. The number of carbonyl (C=O) groups excluding carboxylic acids is 1. The quantitative estimate of drug-likeness (QED) is 0.387. The third-order valence-corrected chi connectivity index (χ3v) is 6.33. The molecule has 32 heavy (non-hydrogen) atoms. The number of carbonyl (C=O) groups is 1. The van der Waals surface area contributed by atoms with Gasteiger partial charge in [-0.25, -0.2) is 12.8 Å². The number of sulfone groups is 1. The van der Waals surface area contributed by atoms with E-state index in [0.29, 0.717) is 28.2 Å². The molecule has 0 bridgehead atoms. The number of nitrogens with zero attached hydrogens (tertiary/aromatic N) is 1. The van der Waals surface area contributed by atoms with Gasteiger partial charge in [0.15, 0.2) is 9.84 Å². The summed E-state index contributed by atoms with van der Waals surface area (Å²) in [5.74, 6) is -0.977. The fraction of sp³-hybridized carbons (Fsp3) is 0.318. The van der Waals surface area contributed by atoms with E-state index in [1.165, 1.54) is 25.1 Å². The fourth-order valence-electron chi connectivity index (χ4n) is 3.70. The number of fused-ring (bicyclic) bond motifs is 1. The Labute approximate surface area is 182 Å². The molecule has 10 heteroatoms. The molecule has 0 unspecified atom stereocenters. The zero-order chi connectivity index (χ0) is 23.8. The van der Waals surface area contributed by atoms with Gasteiger partial charge in [-0.15, -0.1) is 0 Å². The molecule has 3 rings (SSSR count).